The molecule has 0 bridgehead atoms. The lowest BCUT2D eigenvalue weighted by atomic mass is 9.97. The third-order valence-electron chi connectivity index (χ3n) is 6.24. The molecule has 0 spiro atoms. The summed E-state index contributed by atoms with van der Waals surface area (Å²) in [6.45, 7) is 6.18. The van der Waals surface area contributed by atoms with E-state index in [9.17, 15) is 4.79 Å². The van der Waals surface area contributed by atoms with Gasteiger partial charge in [0.2, 0.25) is 0 Å². The number of benzene rings is 1. The van der Waals surface area contributed by atoms with Gasteiger partial charge in [-0.2, -0.15) is 0 Å². The number of H-pyrrole nitrogens is 1. The van der Waals surface area contributed by atoms with Gasteiger partial charge in [0, 0.05) is 37.3 Å². The SMILES string of the molecule is CCSN1CCC(c2nc(NC3CCCNC3)c(-c3nc4ccccc4s3)c(=O)[nH]2)CC1. The van der Waals surface area contributed by atoms with Crippen molar-refractivity contribution in [2.45, 2.75) is 44.6 Å². The Kier molecular flexibility index (Phi) is 6.77. The Morgan fingerprint density at radius 3 is 2.81 bits per heavy atom. The van der Waals surface area contributed by atoms with Crippen molar-refractivity contribution in [3.8, 4) is 10.6 Å². The van der Waals surface area contributed by atoms with E-state index in [1.165, 1.54) is 0 Å². The molecular formula is C23H30N6OS2. The molecule has 2 saturated heterocycles. The van der Waals surface area contributed by atoms with Gasteiger partial charge in [-0.3, -0.25) is 9.10 Å². The maximum Gasteiger partial charge on any atom is 0.263 e. The highest BCUT2D eigenvalue weighted by Crippen LogP contribution is 2.34. The van der Waals surface area contributed by atoms with Gasteiger partial charge in [-0.15, -0.1) is 11.3 Å². The third-order valence-corrected chi connectivity index (χ3v) is 8.28. The van der Waals surface area contributed by atoms with Gasteiger partial charge in [0.15, 0.2) is 0 Å². The molecule has 4 heterocycles. The molecule has 2 aromatic heterocycles. The molecule has 0 radical (unpaired) electrons. The van der Waals surface area contributed by atoms with Crippen LogP contribution >= 0.6 is 23.3 Å². The third kappa shape index (κ3) is 4.71. The number of fused-ring (bicyclic) bond motifs is 1. The normalized spacial score (nSPS) is 20.6. The van der Waals surface area contributed by atoms with E-state index in [1.807, 2.05) is 36.2 Å². The molecule has 1 aromatic carbocycles. The van der Waals surface area contributed by atoms with Gasteiger partial charge in [0.05, 0.1) is 10.2 Å². The molecule has 5 rings (SSSR count). The number of nitrogens with zero attached hydrogens (tertiary/aromatic N) is 3. The van der Waals surface area contributed by atoms with Crippen molar-refractivity contribution in [2.24, 2.45) is 0 Å². The highest BCUT2D eigenvalue weighted by Gasteiger charge is 2.26. The first-order chi connectivity index (χ1) is 15.7. The summed E-state index contributed by atoms with van der Waals surface area (Å²) >= 11 is 3.45. The van der Waals surface area contributed by atoms with Crippen molar-refractivity contribution in [3.63, 3.8) is 0 Å². The highest BCUT2D eigenvalue weighted by atomic mass is 32.2. The number of para-hydroxylation sites is 1. The molecule has 1 unspecified atom stereocenters. The van der Waals surface area contributed by atoms with Crippen molar-refractivity contribution in [3.05, 3.63) is 40.4 Å². The van der Waals surface area contributed by atoms with E-state index >= 15 is 0 Å². The summed E-state index contributed by atoms with van der Waals surface area (Å²) in [6, 6.07) is 8.29. The number of anilines is 1. The lowest BCUT2D eigenvalue weighted by molar-refractivity contribution is 0.338. The standard InChI is InChI=1S/C23H30N6OS2/c1-2-31-29-12-9-15(10-13-29)20-27-21(25-16-6-5-11-24-14-16)19(22(30)28-20)23-26-17-7-3-4-8-18(17)32-23/h3-4,7-8,15-16,24H,2,5-6,9-14H2,1H3,(H2,25,27,28,30). The van der Waals surface area contributed by atoms with E-state index in [4.69, 9.17) is 9.97 Å². The lowest BCUT2D eigenvalue weighted by Gasteiger charge is -2.30. The zero-order chi connectivity index (χ0) is 21.9. The van der Waals surface area contributed by atoms with Crippen LogP contribution in [0.2, 0.25) is 0 Å². The minimum atomic E-state index is -0.0920. The van der Waals surface area contributed by atoms with Crippen LogP contribution in [-0.2, 0) is 0 Å². The van der Waals surface area contributed by atoms with Gasteiger partial charge in [-0.25, -0.2) is 9.97 Å². The minimum absolute atomic E-state index is 0.0920. The topological polar surface area (TPSA) is 85.9 Å². The molecule has 3 N–H and O–H groups in total. The number of aromatic amines is 1. The summed E-state index contributed by atoms with van der Waals surface area (Å²) in [5, 5.41) is 7.78. The Hall–Kier alpha value is -1.94. The Bertz CT molecular complexity index is 1080. The van der Waals surface area contributed by atoms with E-state index < -0.39 is 0 Å². The fraction of sp³-hybridized carbons (Fsp3) is 0.522. The maximum atomic E-state index is 13.4. The molecule has 1 atom stereocenters. The van der Waals surface area contributed by atoms with Crippen LogP contribution in [0.15, 0.2) is 29.1 Å². The fourth-order valence-electron chi connectivity index (χ4n) is 4.58. The molecular weight excluding hydrogens is 440 g/mol. The van der Waals surface area contributed by atoms with Crippen molar-refractivity contribution in [2.75, 3.05) is 37.2 Å². The van der Waals surface area contributed by atoms with Crippen LogP contribution in [0.3, 0.4) is 0 Å². The predicted molar refractivity (Wildman–Crippen MR) is 135 cm³/mol. The molecule has 170 valence electrons. The first-order valence-corrected chi connectivity index (χ1v) is 13.3. The first kappa shape index (κ1) is 21.9. The smallest absolute Gasteiger partial charge is 0.263 e. The average Bonchev–Trinajstić information content (AvgIpc) is 3.24. The van der Waals surface area contributed by atoms with Crippen molar-refractivity contribution in [1.29, 1.82) is 0 Å². The highest BCUT2D eigenvalue weighted by molar-refractivity contribution is 7.96. The zero-order valence-corrected chi connectivity index (χ0v) is 20.0. The summed E-state index contributed by atoms with van der Waals surface area (Å²) in [7, 11) is 0. The molecule has 7 nitrogen and oxygen atoms in total. The van der Waals surface area contributed by atoms with Crippen molar-refractivity contribution < 1.29 is 0 Å². The van der Waals surface area contributed by atoms with Gasteiger partial charge >= 0.3 is 0 Å². The number of thiazole rings is 1. The number of nitrogens with one attached hydrogen (secondary N) is 3. The van der Waals surface area contributed by atoms with Crippen LogP contribution < -0.4 is 16.2 Å². The average molecular weight is 471 g/mol. The summed E-state index contributed by atoms with van der Waals surface area (Å²) in [5.41, 5.74) is 1.40. The maximum absolute atomic E-state index is 13.4. The largest absolute Gasteiger partial charge is 0.365 e. The van der Waals surface area contributed by atoms with Gasteiger partial charge in [-0.1, -0.05) is 31.0 Å². The molecule has 0 saturated carbocycles. The summed E-state index contributed by atoms with van der Waals surface area (Å²) in [5.74, 6) is 2.88. The van der Waals surface area contributed by atoms with Crippen LogP contribution in [0, 0.1) is 0 Å². The Morgan fingerprint density at radius 2 is 2.06 bits per heavy atom. The Labute approximate surface area is 196 Å². The van der Waals surface area contributed by atoms with E-state index in [2.05, 4.69) is 26.8 Å². The molecule has 0 amide bonds. The monoisotopic (exact) mass is 470 g/mol. The molecule has 9 heteroatoms. The predicted octanol–water partition coefficient (Wildman–Crippen LogP) is 4.06. The van der Waals surface area contributed by atoms with E-state index in [0.717, 1.165) is 78.7 Å². The molecule has 2 aliphatic rings. The molecule has 2 fully saturated rings. The second kappa shape index (κ2) is 9.91. The minimum Gasteiger partial charge on any atom is -0.365 e. The molecule has 32 heavy (non-hydrogen) atoms. The summed E-state index contributed by atoms with van der Waals surface area (Å²) in [4.78, 5) is 26.3. The van der Waals surface area contributed by atoms with E-state index in [-0.39, 0.29) is 17.5 Å². The summed E-state index contributed by atoms with van der Waals surface area (Å²) in [6.07, 6.45) is 4.22. The van der Waals surface area contributed by atoms with E-state index in [0.29, 0.717) is 11.4 Å². The van der Waals surface area contributed by atoms with Crippen molar-refractivity contribution in [1.82, 2.24) is 24.6 Å². The second-order valence-corrected chi connectivity index (χ2v) is 10.9. The molecule has 0 aliphatic carbocycles. The molecule has 2 aliphatic heterocycles. The van der Waals surface area contributed by atoms with Gasteiger partial charge in [0.25, 0.3) is 5.56 Å². The second-order valence-electron chi connectivity index (χ2n) is 8.47. The summed E-state index contributed by atoms with van der Waals surface area (Å²) < 4.78 is 3.51. The lowest BCUT2D eigenvalue weighted by Crippen LogP contribution is -2.39. The van der Waals surface area contributed by atoms with Crippen LogP contribution in [-0.4, -0.2) is 57.2 Å². The van der Waals surface area contributed by atoms with Gasteiger partial charge in [-0.05, 0) is 44.4 Å². The number of rotatable bonds is 6. The van der Waals surface area contributed by atoms with Crippen LogP contribution in [0.25, 0.3) is 20.8 Å². The van der Waals surface area contributed by atoms with E-state index in [1.54, 1.807) is 11.3 Å². The van der Waals surface area contributed by atoms with Gasteiger partial charge < -0.3 is 15.6 Å². The quantitative estimate of drug-likeness (QED) is 0.469. The Balaban J connectivity index is 1.50. The number of hydrogen-bond acceptors (Lipinski definition) is 8. The number of aromatic nitrogens is 3. The van der Waals surface area contributed by atoms with Crippen molar-refractivity contribution >= 4 is 39.3 Å². The number of hydrogen-bond donors (Lipinski definition) is 3. The zero-order valence-electron chi connectivity index (χ0n) is 18.4. The van der Waals surface area contributed by atoms with Crippen LogP contribution in [0.5, 0.6) is 0 Å². The van der Waals surface area contributed by atoms with Gasteiger partial charge in [0.1, 0.15) is 22.2 Å². The fourth-order valence-corrected chi connectivity index (χ4v) is 6.42. The van der Waals surface area contributed by atoms with Crippen LogP contribution in [0.1, 0.15) is 44.3 Å². The first-order valence-electron chi connectivity index (χ1n) is 11.6. The molecule has 3 aromatic rings. The van der Waals surface area contributed by atoms with Crippen LogP contribution in [0.4, 0.5) is 5.82 Å². The number of piperidine rings is 2. The Morgan fingerprint density at radius 1 is 1.22 bits per heavy atom.